The van der Waals surface area contributed by atoms with Gasteiger partial charge in [0.2, 0.25) is 11.8 Å². The molecule has 2 aliphatic rings. The number of hydrogen-bond acceptors (Lipinski definition) is 11. The monoisotopic (exact) mass is 1080 g/mol. The molecule has 4 aromatic carbocycles. The molecular formula is C55H55F6N9O8. The highest BCUT2D eigenvalue weighted by Crippen LogP contribution is 2.43. The SMILES string of the molecule is CCCOC(=O)C1=C(C)N(c2cccc(C(F)(F)F)c2)C(=O)N(CC(=O)NCCN(C)CCNC(=O)CN2C(=O)N(c3cccc(C(F)(F)F)c3)C(C)=C(C(=O)OCCC)[C@H]2c2ccc(C#N)cc2)[C@@H]1c1ccc(C#N)cc1. The summed E-state index contributed by atoms with van der Waals surface area (Å²) in [5, 5.41) is 24.4. The van der Waals surface area contributed by atoms with Crippen LogP contribution in [0.25, 0.3) is 0 Å². The molecule has 0 saturated carbocycles. The minimum absolute atomic E-state index is 0.0348. The molecular weight excluding hydrogens is 1030 g/mol. The Bertz CT molecular complexity index is 2850. The Morgan fingerprint density at radius 1 is 0.603 bits per heavy atom. The molecule has 17 nitrogen and oxygen atoms in total. The Balaban J connectivity index is 1.18. The number of ether oxygens (including phenoxy) is 2. The summed E-state index contributed by atoms with van der Waals surface area (Å²) in [7, 11) is 1.66. The number of benzene rings is 4. The first-order valence-corrected chi connectivity index (χ1v) is 24.6. The molecule has 0 aromatic heterocycles. The molecule has 0 radical (unpaired) electrons. The van der Waals surface area contributed by atoms with Gasteiger partial charge < -0.3 is 34.8 Å². The third-order valence-corrected chi connectivity index (χ3v) is 12.6. The second-order valence-electron chi connectivity index (χ2n) is 18.1. The van der Waals surface area contributed by atoms with Gasteiger partial charge in [0.1, 0.15) is 13.1 Å². The topological polar surface area (TPSA) is 209 Å². The molecule has 0 aliphatic carbocycles. The zero-order valence-corrected chi connectivity index (χ0v) is 43.1. The fourth-order valence-electron chi connectivity index (χ4n) is 8.82. The van der Waals surface area contributed by atoms with Gasteiger partial charge in [-0.3, -0.25) is 19.4 Å². The van der Waals surface area contributed by atoms with Gasteiger partial charge in [-0.15, -0.1) is 0 Å². The van der Waals surface area contributed by atoms with E-state index < -0.39 is 84.5 Å². The summed E-state index contributed by atoms with van der Waals surface area (Å²) < 4.78 is 94.7. The molecule has 4 aromatic rings. The van der Waals surface area contributed by atoms with Crippen molar-refractivity contribution in [3.8, 4) is 12.1 Å². The summed E-state index contributed by atoms with van der Waals surface area (Å²) in [5.41, 5.74) is -1.88. The van der Waals surface area contributed by atoms with E-state index in [0.29, 0.717) is 24.0 Å². The van der Waals surface area contributed by atoms with Gasteiger partial charge in [0.25, 0.3) is 0 Å². The predicted octanol–water partition coefficient (Wildman–Crippen LogP) is 8.75. The summed E-state index contributed by atoms with van der Waals surface area (Å²) >= 11 is 0. The number of allylic oxidation sites excluding steroid dienone is 2. The number of amides is 6. The Hall–Kier alpha value is -8.70. The summed E-state index contributed by atoms with van der Waals surface area (Å²) in [5.74, 6) is -3.22. The summed E-state index contributed by atoms with van der Waals surface area (Å²) in [4.78, 5) is 90.1. The van der Waals surface area contributed by atoms with Crippen molar-refractivity contribution in [3.05, 3.63) is 153 Å². The molecule has 0 unspecified atom stereocenters. The van der Waals surface area contributed by atoms with Crippen molar-refractivity contribution in [2.75, 3.05) is 69.3 Å². The van der Waals surface area contributed by atoms with Crippen LogP contribution in [0.5, 0.6) is 0 Å². The summed E-state index contributed by atoms with van der Waals surface area (Å²) in [6.45, 7) is 5.03. The van der Waals surface area contributed by atoms with Crippen LogP contribution in [0.2, 0.25) is 0 Å². The van der Waals surface area contributed by atoms with E-state index in [1.54, 1.807) is 25.8 Å². The number of nitrogens with one attached hydrogen (secondary N) is 2. The van der Waals surface area contributed by atoms with Gasteiger partial charge in [0, 0.05) is 37.6 Å². The van der Waals surface area contributed by atoms with Crippen LogP contribution in [0.3, 0.4) is 0 Å². The number of nitriles is 2. The van der Waals surface area contributed by atoms with Crippen molar-refractivity contribution < 1.29 is 64.6 Å². The summed E-state index contributed by atoms with van der Waals surface area (Å²) in [6.07, 6.45) is -8.76. The maximum atomic E-state index is 14.6. The lowest BCUT2D eigenvalue weighted by Crippen LogP contribution is -2.54. The number of halogens is 6. The lowest BCUT2D eigenvalue weighted by atomic mass is 9.92. The molecule has 78 heavy (non-hydrogen) atoms. The number of alkyl halides is 6. The maximum absolute atomic E-state index is 14.6. The van der Waals surface area contributed by atoms with Crippen LogP contribution in [0.1, 0.15) is 86.0 Å². The van der Waals surface area contributed by atoms with Crippen molar-refractivity contribution in [1.29, 1.82) is 10.5 Å². The van der Waals surface area contributed by atoms with Gasteiger partial charge in [0.05, 0.1) is 82.2 Å². The van der Waals surface area contributed by atoms with Crippen molar-refractivity contribution in [3.63, 3.8) is 0 Å². The van der Waals surface area contributed by atoms with E-state index in [-0.39, 0.29) is 84.4 Å². The average molecular weight is 1080 g/mol. The third kappa shape index (κ3) is 13.6. The number of esters is 2. The highest BCUT2D eigenvalue weighted by molar-refractivity contribution is 6.05. The molecule has 6 amide bonds. The van der Waals surface area contributed by atoms with E-state index in [2.05, 4.69) is 10.6 Å². The molecule has 0 bridgehead atoms. The van der Waals surface area contributed by atoms with Crippen LogP contribution >= 0.6 is 0 Å². The number of carbonyl (C=O) groups is 6. The number of hydrogen-bond donors (Lipinski definition) is 2. The van der Waals surface area contributed by atoms with Crippen LogP contribution in [0, 0.1) is 22.7 Å². The number of rotatable bonds is 20. The molecule has 2 N–H and O–H groups in total. The van der Waals surface area contributed by atoms with Gasteiger partial charge >= 0.3 is 36.4 Å². The standard InChI is InChI=1S/C55H55F6N9O8/c1-6-26-77-50(73)46-34(3)69(42-12-8-10-40(28-42)54(56,57)58)52(75)67(48(46)38-18-14-36(30-62)15-19-38)32-44(71)64-22-24-66(5)25-23-65-45(72)33-68-49(39-20-16-37(31-63)17-21-39)47(51(74)78-27-7-2)35(4)70(53(68)76)43-13-9-11-41(29-43)55(59,60)61/h8-21,28-29,48-49H,6-7,22-27,32-33H2,1-5H3,(H,64,71)(H,65,72)/t48-,49-/m1/s1. The van der Waals surface area contributed by atoms with Gasteiger partial charge in [-0.2, -0.15) is 36.9 Å². The Morgan fingerprint density at radius 2 is 0.962 bits per heavy atom. The smallest absolute Gasteiger partial charge is 0.416 e. The zero-order valence-electron chi connectivity index (χ0n) is 43.1. The highest BCUT2D eigenvalue weighted by atomic mass is 19.4. The quantitative estimate of drug-likeness (QED) is 0.0632. The van der Waals surface area contributed by atoms with Crippen molar-refractivity contribution in [2.45, 2.75) is 65.0 Å². The number of likely N-dealkylation sites (N-methyl/N-ethyl adjacent to an activating group) is 1. The van der Waals surface area contributed by atoms with Crippen LogP contribution in [0.4, 0.5) is 47.3 Å². The van der Waals surface area contributed by atoms with Crippen LogP contribution in [0.15, 0.2) is 120 Å². The van der Waals surface area contributed by atoms with Gasteiger partial charge in [0.15, 0.2) is 0 Å². The number of urea groups is 2. The molecule has 410 valence electrons. The first kappa shape index (κ1) is 58.6. The normalized spacial score (nSPS) is 16.0. The van der Waals surface area contributed by atoms with E-state index in [1.165, 1.54) is 74.5 Å². The van der Waals surface area contributed by atoms with Gasteiger partial charge in [-0.05, 0) is 106 Å². The highest BCUT2D eigenvalue weighted by Gasteiger charge is 2.46. The fourth-order valence-corrected chi connectivity index (χ4v) is 8.82. The van der Waals surface area contributed by atoms with E-state index in [4.69, 9.17) is 9.47 Å². The lowest BCUT2D eigenvalue weighted by Gasteiger charge is -2.42. The number of carbonyl (C=O) groups excluding carboxylic acids is 6. The van der Waals surface area contributed by atoms with Gasteiger partial charge in [-0.25, -0.2) is 19.2 Å². The van der Waals surface area contributed by atoms with E-state index in [0.717, 1.165) is 56.0 Å². The second-order valence-corrected chi connectivity index (χ2v) is 18.1. The Morgan fingerprint density at radius 3 is 1.28 bits per heavy atom. The van der Waals surface area contributed by atoms with Crippen molar-refractivity contribution >= 4 is 47.2 Å². The van der Waals surface area contributed by atoms with Crippen molar-refractivity contribution in [1.82, 2.24) is 25.3 Å². The molecule has 2 heterocycles. The fraction of sp³-hybridized carbons (Fsp3) is 0.345. The molecule has 0 spiro atoms. The molecule has 2 aliphatic heterocycles. The molecule has 0 fully saturated rings. The number of nitrogens with zero attached hydrogens (tertiary/aromatic N) is 7. The zero-order chi connectivity index (χ0) is 57.1. The second kappa shape index (κ2) is 25.4. The van der Waals surface area contributed by atoms with Crippen LogP contribution in [-0.2, 0) is 41.0 Å². The van der Waals surface area contributed by atoms with E-state index >= 15 is 0 Å². The lowest BCUT2D eigenvalue weighted by molar-refractivity contribution is -0.141. The predicted molar refractivity (Wildman–Crippen MR) is 271 cm³/mol. The van der Waals surface area contributed by atoms with Crippen LogP contribution < -0.4 is 20.4 Å². The minimum Gasteiger partial charge on any atom is -0.462 e. The third-order valence-electron chi connectivity index (χ3n) is 12.6. The van der Waals surface area contributed by atoms with Crippen molar-refractivity contribution in [2.24, 2.45) is 0 Å². The molecule has 6 rings (SSSR count). The van der Waals surface area contributed by atoms with Gasteiger partial charge in [-0.1, -0.05) is 50.2 Å². The van der Waals surface area contributed by atoms with E-state index in [9.17, 15) is 65.6 Å². The molecule has 23 heteroatoms. The van der Waals surface area contributed by atoms with Crippen LogP contribution in [-0.4, -0.2) is 110 Å². The first-order chi connectivity index (χ1) is 37.0. The largest absolute Gasteiger partial charge is 0.462 e. The summed E-state index contributed by atoms with van der Waals surface area (Å²) in [6, 6.07) is 19.1. The maximum Gasteiger partial charge on any atom is 0.416 e. The minimum atomic E-state index is -4.79. The first-order valence-electron chi connectivity index (χ1n) is 24.6. The average Bonchev–Trinajstić information content (AvgIpc) is 3.53. The number of anilines is 2. The van der Waals surface area contributed by atoms with E-state index in [1.807, 2.05) is 12.1 Å². The Labute approximate surface area is 445 Å². The Kier molecular flexibility index (Phi) is 19.1. The molecule has 0 saturated heterocycles. The molecule has 2 atom stereocenters.